The molecule has 0 spiro atoms. The zero-order valence-corrected chi connectivity index (χ0v) is 8.65. The van der Waals surface area contributed by atoms with Crippen molar-refractivity contribution in [1.82, 2.24) is 0 Å². The van der Waals surface area contributed by atoms with Gasteiger partial charge in [-0.15, -0.1) is 0 Å². The van der Waals surface area contributed by atoms with Gasteiger partial charge in [-0.1, -0.05) is 13.8 Å². The summed E-state index contributed by atoms with van der Waals surface area (Å²) in [7, 11) is 0. The Labute approximate surface area is 82.6 Å². The van der Waals surface area contributed by atoms with E-state index in [-0.39, 0.29) is 11.2 Å². The SMILES string of the molecule is CC1(C)[C@H]2CC[C@@]1(C(=O)Cl)C(=O)C2. The molecule has 0 aromatic carbocycles. The van der Waals surface area contributed by atoms with Crippen molar-refractivity contribution in [2.24, 2.45) is 16.7 Å². The van der Waals surface area contributed by atoms with Gasteiger partial charge in [-0.2, -0.15) is 0 Å². The largest absolute Gasteiger partial charge is 0.298 e. The Hall–Kier alpha value is -0.370. The number of Topliss-reactive ketones (excluding diaryl/α,β-unsaturated/α-hetero) is 1. The number of ketones is 1. The standard InChI is InChI=1S/C10H13ClO2/c1-9(2)6-3-4-10(9,8(11)13)7(12)5-6/h6H,3-5H2,1-2H3/t6-,10-/m0/s1. The lowest BCUT2D eigenvalue weighted by Gasteiger charge is -2.32. The number of halogens is 1. The molecule has 0 unspecified atom stereocenters. The van der Waals surface area contributed by atoms with E-state index in [1.807, 2.05) is 13.8 Å². The Bertz CT molecular complexity index is 295. The first-order valence-electron chi connectivity index (χ1n) is 4.66. The molecule has 2 aliphatic rings. The van der Waals surface area contributed by atoms with Crippen LogP contribution in [0.5, 0.6) is 0 Å². The van der Waals surface area contributed by atoms with E-state index in [4.69, 9.17) is 11.6 Å². The van der Waals surface area contributed by atoms with Crippen molar-refractivity contribution in [3.8, 4) is 0 Å². The lowest BCUT2D eigenvalue weighted by atomic mass is 9.70. The number of rotatable bonds is 1. The highest BCUT2D eigenvalue weighted by atomic mass is 35.5. The fraction of sp³-hybridized carbons (Fsp3) is 0.800. The Morgan fingerprint density at radius 1 is 1.54 bits per heavy atom. The molecule has 0 amide bonds. The van der Waals surface area contributed by atoms with Gasteiger partial charge in [0.2, 0.25) is 5.24 Å². The van der Waals surface area contributed by atoms with Crippen LogP contribution in [0, 0.1) is 16.7 Å². The minimum Gasteiger partial charge on any atom is -0.298 e. The predicted molar refractivity (Wildman–Crippen MR) is 49.4 cm³/mol. The molecule has 0 radical (unpaired) electrons. The van der Waals surface area contributed by atoms with Gasteiger partial charge in [-0.25, -0.2) is 0 Å². The first kappa shape index (κ1) is 9.20. The summed E-state index contributed by atoms with van der Waals surface area (Å²) in [4.78, 5) is 23.1. The summed E-state index contributed by atoms with van der Waals surface area (Å²) in [5.74, 6) is 0.427. The molecule has 3 heteroatoms. The van der Waals surface area contributed by atoms with Crippen molar-refractivity contribution in [3.05, 3.63) is 0 Å². The van der Waals surface area contributed by atoms with E-state index in [0.717, 1.165) is 6.42 Å². The molecule has 2 bridgehead atoms. The topological polar surface area (TPSA) is 34.1 Å². The normalized spacial score (nSPS) is 41.2. The van der Waals surface area contributed by atoms with Crippen molar-refractivity contribution in [1.29, 1.82) is 0 Å². The summed E-state index contributed by atoms with van der Waals surface area (Å²) in [6.45, 7) is 3.99. The molecule has 2 rings (SSSR count). The average molecular weight is 201 g/mol. The fourth-order valence-corrected chi connectivity index (χ4v) is 3.58. The van der Waals surface area contributed by atoms with Crippen LogP contribution in [0.3, 0.4) is 0 Å². The van der Waals surface area contributed by atoms with Crippen LogP contribution in [-0.2, 0) is 9.59 Å². The molecule has 2 saturated carbocycles. The maximum atomic E-state index is 11.7. The van der Waals surface area contributed by atoms with Gasteiger partial charge in [-0.3, -0.25) is 9.59 Å². The van der Waals surface area contributed by atoms with Crippen LogP contribution in [0.1, 0.15) is 33.1 Å². The van der Waals surface area contributed by atoms with Crippen molar-refractivity contribution in [2.45, 2.75) is 33.1 Å². The molecule has 2 aliphatic carbocycles. The quantitative estimate of drug-likeness (QED) is 0.480. The number of hydrogen-bond acceptors (Lipinski definition) is 2. The summed E-state index contributed by atoms with van der Waals surface area (Å²) < 4.78 is 0. The van der Waals surface area contributed by atoms with Crippen LogP contribution in [0.15, 0.2) is 0 Å². The first-order valence-corrected chi connectivity index (χ1v) is 5.04. The molecule has 0 N–H and O–H groups in total. The molecule has 0 aromatic rings. The van der Waals surface area contributed by atoms with Crippen LogP contribution in [0.25, 0.3) is 0 Å². The summed E-state index contributed by atoms with van der Waals surface area (Å²) in [5, 5.41) is -0.442. The second-order valence-corrected chi connectivity index (χ2v) is 5.11. The fourth-order valence-electron chi connectivity index (χ4n) is 3.14. The number of fused-ring (bicyclic) bond motifs is 2. The predicted octanol–water partition coefficient (Wildman–Crippen LogP) is 2.15. The highest BCUT2D eigenvalue weighted by Gasteiger charge is 2.67. The van der Waals surface area contributed by atoms with Gasteiger partial charge in [0.1, 0.15) is 11.2 Å². The first-order chi connectivity index (χ1) is 5.93. The molecule has 2 fully saturated rings. The Balaban J connectivity index is 2.55. The number of hydrogen-bond donors (Lipinski definition) is 0. The van der Waals surface area contributed by atoms with Crippen molar-refractivity contribution in [2.75, 3.05) is 0 Å². The monoisotopic (exact) mass is 200 g/mol. The minimum atomic E-state index is -0.848. The molecule has 13 heavy (non-hydrogen) atoms. The van der Waals surface area contributed by atoms with E-state index >= 15 is 0 Å². The summed E-state index contributed by atoms with van der Waals surface area (Å²) >= 11 is 5.59. The Morgan fingerprint density at radius 3 is 2.38 bits per heavy atom. The second kappa shape index (κ2) is 2.35. The lowest BCUT2D eigenvalue weighted by Crippen LogP contribution is -2.41. The number of carbonyl (C=O) groups is 2. The maximum absolute atomic E-state index is 11.7. The van der Waals surface area contributed by atoms with Gasteiger partial charge in [0, 0.05) is 6.42 Å². The van der Waals surface area contributed by atoms with Crippen LogP contribution in [-0.4, -0.2) is 11.0 Å². The lowest BCUT2D eigenvalue weighted by molar-refractivity contribution is -0.138. The maximum Gasteiger partial charge on any atom is 0.235 e. The van der Waals surface area contributed by atoms with Crippen LogP contribution >= 0.6 is 11.6 Å². The molecule has 72 valence electrons. The third-order valence-corrected chi connectivity index (χ3v) is 4.55. The molecule has 2 nitrogen and oxygen atoms in total. The summed E-state index contributed by atoms with van der Waals surface area (Å²) in [5.41, 5.74) is -1.07. The average Bonchev–Trinajstić information content (AvgIpc) is 2.35. The van der Waals surface area contributed by atoms with Gasteiger partial charge in [-0.05, 0) is 35.8 Å². The third-order valence-electron chi connectivity index (χ3n) is 4.23. The molecule has 0 aliphatic heterocycles. The van der Waals surface area contributed by atoms with Crippen molar-refractivity contribution < 1.29 is 9.59 Å². The van der Waals surface area contributed by atoms with E-state index in [0.29, 0.717) is 18.8 Å². The zero-order chi connectivity index (χ0) is 9.85. The van der Waals surface area contributed by atoms with E-state index in [1.54, 1.807) is 0 Å². The Morgan fingerprint density at radius 2 is 2.15 bits per heavy atom. The van der Waals surface area contributed by atoms with Crippen molar-refractivity contribution in [3.63, 3.8) is 0 Å². The van der Waals surface area contributed by atoms with Gasteiger partial charge < -0.3 is 0 Å². The highest BCUT2D eigenvalue weighted by molar-refractivity contribution is 6.66. The van der Waals surface area contributed by atoms with E-state index in [1.165, 1.54) is 0 Å². The third kappa shape index (κ3) is 0.804. The molecule has 0 aromatic heterocycles. The van der Waals surface area contributed by atoms with Crippen molar-refractivity contribution >= 4 is 22.6 Å². The zero-order valence-electron chi connectivity index (χ0n) is 7.89. The van der Waals surface area contributed by atoms with Crippen LogP contribution < -0.4 is 0 Å². The van der Waals surface area contributed by atoms with Gasteiger partial charge in [0.25, 0.3) is 0 Å². The number of carbonyl (C=O) groups excluding carboxylic acids is 2. The molecule has 2 atom stereocenters. The summed E-state index contributed by atoms with van der Waals surface area (Å²) in [6.07, 6.45) is 2.18. The molecular weight excluding hydrogens is 188 g/mol. The van der Waals surface area contributed by atoms with Gasteiger partial charge in [0.15, 0.2) is 0 Å². The van der Waals surface area contributed by atoms with Gasteiger partial charge >= 0.3 is 0 Å². The van der Waals surface area contributed by atoms with E-state index in [2.05, 4.69) is 0 Å². The van der Waals surface area contributed by atoms with Gasteiger partial charge in [0.05, 0.1) is 0 Å². The van der Waals surface area contributed by atoms with E-state index < -0.39 is 10.7 Å². The van der Waals surface area contributed by atoms with Crippen LogP contribution in [0.2, 0.25) is 0 Å². The highest BCUT2D eigenvalue weighted by Crippen LogP contribution is 2.64. The Kier molecular flexibility index (Phi) is 1.66. The summed E-state index contributed by atoms with van der Waals surface area (Å²) in [6, 6.07) is 0. The smallest absolute Gasteiger partial charge is 0.235 e. The van der Waals surface area contributed by atoms with Crippen LogP contribution in [0.4, 0.5) is 0 Å². The molecular formula is C10H13ClO2. The molecule has 0 heterocycles. The minimum absolute atomic E-state index is 0.0637. The van der Waals surface area contributed by atoms with E-state index in [9.17, 15) is 9.59 Å². The molecule has 0 saturated heterocycles. The second-order valence-electron chi connectivity index (χ2n) is 4.76.